The molecule has 1 N–H and O–H groups in total. The smallest absolute Gasteiger partial charge is 0.210 e. The maximum absolute atomic E-state index is 11.0. The van der Waals surface area contributed by atoms with E-state index in [-0.39, 0.29) is 6.04 Å². The van der Waals surface area contributed by atoms with E-state index in [0.29, 0.717) is 0 Å². The van der Waals surface area contributed by atoms with Gasteiger partial charge in [0.05, 0.1) is 6.04 Å². The quantitative estimate of drug-likeness (QED) is 0.793. The highest BCUT2D eigenvalue weighted by Gasteiger charge is 2.26. The van der Waals surface area contributed by atoms with Gasteiger partial charge in [-0.2, -0.15) is 0 Å². The first-order chi connectivity index (χ1) is 8.36. The van der Waals surface area contributed by atoms with Gasteiger partial charge in [0.15, 0.2) is 0 Å². The van der Waals surface area contributed by atoms with Crippen LogP contribution in [0.5, 0.6) is 0 Å². The third-order valence-electron chi connectivity index (χ3n) is 3.17. The second kappa shape index (κ2) is 5.66. The van der Waals surface area contributed by atoms with E-state index in [0.717, 1.165) is 50.1 Å². The Hall–Kier alpha value is -1.58. The van der Waals surface area contributed by atoms with Crippen molar-refractivity contribution < 1.29 is 4.79 Å². The lowest BCUT2D eigenvalue weighted by Crippen LogP contribution is -2.22. The molecule has 0 aliphatic carbocycles. The zero-order chi connectivity index (χ0) is 12.1. The molecule has 1 aromatic rings. The fourth-order valence-electron chi connectivity index (χ4n) is 2.33. The monoisotopic (exact) mass is 233 g/mol. The number of nitrogens with zero attached hydrogens (tertiary/aromatic N) is 2. The predicted molar refractivity (Wildman–Crippen MR) is 67.8 cm³/mol. The summed E-state index contributed by atoms with van der Waals surface area (Å²) in [7, 11) is 0. The molecule has 1 atom stereocenters. The number of hydrogen-bond donors (Lipinski definition) is 1. The zero-order valence-corrected chi connectivity index (χ0v) is 10.2. The molecule has 92 valence electrons. The highest BCUT2D eigenvalue weighted by atomic mass is 16.1. The van der Waals surface area contributed by atoms with Crippen molar-refractivity contribution in [2.75, 3.05) is 18.4 Å². The van der Waals surface area contributed by atoms with Gasteiger partial charge in [-0.05, 0) is 25.3 Å². The molecule has 0 radical (unpaired) electrons. The van der Waals surface area contributed by atoms with Gasteiger partial charge in [0, 0.05) is 24.8 Å². The zero-order valence-electron chi connectivity index (χ0n) is 10.2. The first-order valence-corrected chi connectivity index (χ1v) is 6.26. The first kappa shape index (κ1) is 11.9. The fourth-order valence-corrected chi connectivity index (χ4v) is 2.33. The van der Waals surface area contributed by atoms with Crippen LogP contribution in [0.4, 0.5) is 5.82 Å². The van der Waals surface area contributed by atoms with Gasteiger partial charge in [-0.1, -0.05) is 13.0 Å². The minimum atomic E-state index is 0.195. The highest BCUT2D eigenvalue weighted by Crippen LogP contribution is 2.33. The molecule has 1 aliphatic heterocycles. The molecule has 0 saturated carbocycles. The molecule has 4 heteroatoms. The highest BCUT2D eigenvalue weighted by molar-refractivity contribution is 5.53. The minimum absolute atomic E-state index is 0.195. The van der Waals surface area contributed by atoms with Crippen molar-refractivity contribution in [2.45, 2.75) is 32.2 Å². The van der Waals surface area contributed by atoms with Gasteiger partial charge < -0.3 is 10.2 Å². The van der Waals surface area contributed by atoms with E-state index in [1.54, 1.807) is 6.20 Å². The molecule has 1 unspecified atom stereocenters. The Bertz CT molecular complexity index is 381. The Morgan fingerprint density at radius 3 is 3.29 bits per heavy atom. The van der Waals surface area contributed by atoms with Crippen molar-refractivity contribution >= 4 is 12.2 Å². The molecular weight excluding hydrogens is 214 g/mol. The largest absolute Gasteiger partial charge is 0.370 e. The lowest BCUT2D eigenvalue weighted by molar-refractivity contribution is -0.118. The fraction of sp³-hybridized carbons (Fsp3) is 0.538. The first-order valence-electron chi connectivity index (χ1n) is 6.26. The van der Waals surface area contributed by atoms with Crippen LogP contribution in [-0.4, -0.2) is 29.4 Å². The average Bonchev–Trinajstić information content (AvgIpc) is 2.84. The van der Waals surface area contributed by atoms with Crippen LogP contribution in [-0.2, 0) is 4.79 Å². The maximum atomic E-state index is 11.0. The number of carbonyl (C=O) groups is 1. The number of carbonyl (C=O) groups excluding carboxylic acids is 1. The van der Waals surface area contributed by atoms with Gasteiger partial charge in [0.25, 0.3) is 0 Å². The minimum Gasteiger partial charge on any atom is -0.370 e. The summed E-state index contributed by atoms with van der Waals surface area (Å²) in [5, 5.41) is 3.33. The third kappa shape index (κ3) is 2.57. The van der Waals surface area contributed by atoms with Crippen molar-refractivity contribution in [2.24, 2.45) is 0 Å². The van der Waals surface area contributed by atoms with E-state index in [1.807, 2.05) is 11.0 Å². The molecule has 2 heterocycles. The molecule has 1 saturated heterocycles. The molecule has 1 aromatic heterocycles. The summed E-state index contributed by atoms with van der Waals surface area (Å²) in [6.45, 7) is 3.90. The average molecular weight is 233 g/mol. The molecule has 4 nitrogen and oxygen atoms in total. The van der Waals surface area contributed by atoms with Gasteiger partial charge in [-0.15, -0.1) is 0 Å². The van der Waals surface area contributed by atoms with E-state index in [2.05, 4.69) is 23.3 Å². The molecule has 0 bridgehead atoms. The van der Waals surface area contributed by atoms with Gasteiger partial charge in [-0.25, -0.2) is 4.98 Å². The molecule has 0 spiro atoms. The van der Waals surface area contributed by atoms with Crippen LogP contribution in [0.1, 0.15) is 37.8 Å². The van der Waals surface area contributed by atoms with Gasteiger partial charge in [0.2, 0.25) is 6.41 Å². The summed E-state index contributed by atoms with van der Waals surface area (Å²) in [6.07, 6.45) is 5.92. The number of pyridine rings is 1. The molecule has 1 fully saturated rings. The van der Waals surface area contributed by atoms with Crippen molar-refractivity contribution in [1.82, 2.24) is 9.88 Å². The Balaban J connectivity index is 2.21. The summed E-state index contributed by atoms with van der Waals surface area (Å²) >= 11 is 0. The normalized spacial score (nSPS) is 19.4. The molecule has 1 aliphatic rings. The van der Waals surface area contributed by atoms with Crippen molar-refractivity contribution in [1.29, 1.82) is 0 Å². The van der Waals surface area contributed by atoms with Crippen molar-refractivity contribution in [3.63, 3.8) is 0 Å². The van der Waals surface area contributed by atoms with Crippen molar-refractivity contribution in [3.05, 3.63) is 23.9 Å². The van der Waals surface area contributed by atoms with Gasteiger partial charge >= 0.3 is 0 Å². The SMILES string of the molecule is CCCNc1ncccc1C1CCCN1C=O. The van der Waals surface area contributed by atoms with E-state index in [1.165, 1.54) is 0 Å². The number of likely N-dealkylation sites (tertiary alicyclic amines) is 1. The number of amides is 1. The predicted octanol–water partition coefficient (Wildman–Crippen LogP) is 2.20. The van der Waals surface area contributed by atoms with Crippen LogP contribution in [0.15, 0.2) is 18.3 Å². The van der Waals surface area contributed by atoms with E-state index >= 15 is 0 Å². The van der Waals surface area contributed by atoms with Crippen molar-refractivity contribution in [3.8, 4) is 0 Å². The van der Waals surface area contributed by atoms with Crippen LogP contribution < -0.4 is 5.32 Å². The lowest BCUT2D eigenvalue weighted by Gasteiger charge is -2.22. The molecule has 1 amide bonds. The van der Waals surface area contributed by atoms with E-state index in [4.69, 9.17) is 0 Å². The number of rotatable bonds is 5. The number of nitrogens with one attached hydrogen (secondary N) is 1. The second-order valence-electron chi connectivity index (χ2n) is 4.37. The topological polar surface area (TPSA) is 45.2 Å². The number of hydrogen-bond acceptors (Lipinski definition) is 3. The summed E-state index contributed by atoms with van der Waals surface area (Å²) in [5.74, 6) is 0.924. The Morgan fingerprint density at radius 2 is 2.53 bits per heavy atom. The Morgan fingerprint density at radius 1 is 1.65 bits per heavy atom. The standard InChI is InChI=1S/C13H19N3O/c1-2-7-14-13-11(5-3-8-15-13)12-6-4-9-16(12)10-17/h3,5,8,10,12H,2,4,6-7,9H2,1H3,(H,14,15). The summed E-state index contributed by atoms with van der Waals surface area (Å²) in [4.78, 5) is 17.2. The number of aromatic nitrogens is 1. The summed E-state index contributed by atoms with van der Waals surface area (Å²) < 4.78 is 0. The van der Waals surface area contributed by atoms with Crippen LogP contribution in [0.2, 0.25) is 0 Å². The molecular formula is C13H19N3O. The van der Waals surface area contributed by atoms with E-state index < -0.39 is 0 Å². The summed E-state index contributed by atoms with van der Waals surface area (Å²) in [6, 6.07) is 4.20. The van der Waals surface area contributed by atoms with Gasteiger partial charge in [0.1, 0.15) is 5.82 Å². The summed E-state index contributed by atoms with van der Waals surface area (Å²) in [5.41, 5.74) is 1.14. The second-order valence-corrected chi connectivity index (χ2v) is 4.37. The molecule has 0 aromatic carbocycles. The van der Waals surface area contributed by atoms with Crippen LogP contribution in [0.3, 0.4) is 0 Å². The van der Waals surface area contributed by atoms with Crippen LogP contribution >= 0.6 is 0 Å². The molecule has 2 rings (SSSR count). The number of anilines is 1. The van der Waals surface area contributed by atoms with E-state index in [9.17, 15) is 4.79 Å². The van der Waals surface area contributed by atoms with Crippen LogP contribution in [0.25, 0.3) is 0 Å². The third-order valence-corrected chi connectivity index (χ3v) is 3.17. The Kier molecular flexibility index (Phi) is 3.96. The lowest BCUT2D eigenvalue weighted by atomic mass is 10.1. The van der Waals surface area contributed by atoms with Crippen LogP contribution in [0, 0.1) is 0 Å². The Labute approximate surface area is 102 Å². The molecule has 17 heavy (non-hydrogen) atoms. The van der Waals surface area contributed by atoms with Gasteiger partial charge in [-0.3, -0.25) is 4.79 Å². The maximum Gasteiger partial charge on any atom is 0.210 e.